The van der Waals surface area contributed by atoms with E-state index in [1.807, 2.05) is 31.2 Å². The van der Waals surface area contributed by atoms with E-state index in [1.165, 1.54) is 6.26 Å². The maximum absolute atomic E-state index is 12.0. The molecular formula is C14H16BrNO3S. The monoisotopic (exact) mass is 357 g/mol. The van der Waals surface area contributed by atoms with E-state index >= 15 is 0 Å². The van der Waals surface area contributed by atoms with E-state index in [2.05, 4.69) is 22.0 Å². The third-order valence-electron chi connectivity index (χ3n) is 3.70. The molecule has 0 amide bonds. The molecule has 1 saturated carbocycles. The van der Waals surface area contributed by atoms with Gasteiger partial charge in [-0.2, -0.15) is 5.26 Å². The van der Waals surface area contributed by atoms with Crippen LogP contribution in [0.1, 0.15) is 18.4 Å². The Labute approximate surface area is 127 Å². The second kappa shape index (κ2) is 5.47. The van der Waals surface area contributed by atoms with Crippen molar-refractivity contribution in [1.29, 1.82) is 5.26 Å². The molecule has 0 N–H and O–H groups in total. The molecule has 1 aliphatic rings. The van der Waals surface area contributed by atoms with Crippen molar-refractivity contribution in [2.45, 2.75) is 18.1 Å². The Morgan fingerprint density at radius 1 is 1.40 bits per heavy atom. The molecule has 4 nitrogen and oxygen atoms in total. The summed E-state index contributed by atoms with van der Waals surface area (Å²) in [5.41, 5.74) is -0.0953. The molecule has 0 aliphatic heterocycles. The summed E-state index contributed by atoms with van der Waals surface area (Å²) in [5.74, 6) is -0.317. The summed E-state index contributed by atoms with van der Waals surface area (Å²) in [4.78, 5) is 0. The Kier molecular flexibility index (Phi) is 4.24. The molecule has 108 valence electrons. The van der Waals surface area contributed by atoms with Crippen LogP contribution in [-0.4, -0.2) is 33.1 Å². The third kappa shape index (κ3) is 2.62. The van der Waals surface area contributed by atoms with Gasteiger partial charge in [0.05, 0.1) is 17.9 Å². The predicted octanol–water partition coefficient (Wildman–Crippen LogP) is 2.51. The first-order valence-electron chi connectivity index (χ1n) is 6.30. The largest absolute Gasteiger partial charge is 0.380 e. The van der Waals surface area contributed by atoms with Crippen LogP contribution in [0.25, 0.3) is 0 Å². The summed E-state index contributed by atoms with van der Waals surface area (Å²) in [6, 6.07) is 9.62. The minimum absolute atomic E-state index is 0.151. The van der Waals surface area contributed by atoms with Gasteiger partial charge in [-0.1, -0.05) is 28.1 Å². The van der Waals surface area contributed by atoms with Gasteiger partial charge in [-0.15, -0.1) is 0 Å². The van der Waals surface area contributed by atoms with Gasteiger partial charge in [0.1, 0.15) is 5.41 Å². The van der Waals surface area contributed by atoms with E-state index in [4.69, 9.17) is 4.74 Å². The predicted molar refractivity (Wildman–Crippen MR) is 80.1 cm³/mol. The van der Waals surface area contributed by atoms with Gasteiger partial charge in [-0.25, -0.2) is 8.42 Å². The number of sulfone groups is 1. The van der Waals surface area contributed by atoms with E-state index in [1.54, 1.807) is 0 Å². The quantitative estimate of drug-likeness (QED) is 0.811. The molecule has 0 radical (unpaired) electrons. The first-order chi connectivity index (χ1) is 9.36. The lowest BCUT2D eigenvalue weighted by Gasteiger charge is -2.08. The van der Waals surface area contributed by atoms with Crippen LogP contribution in [0.2, 0.25) is 0 Å². The molecule has 3 atom stereocenters. The molecule has 0 saturated heterocycles. The molecule has 6 heteroatoms. The number of hydrogen-bond donors (Lipinski definition) is 0. The fourth-order valence-corrected chi connectivity index (χ4v) is 4.90. The summed E-state index contributed by atoms with van der Waals surface area (Å²) in [7, 11) is -3.30. The molecule has 0 aromatic heterocycles. The van der Waals surface area contributed by atoms with Crippen molar-refractivity contribution < 1.29 is 13.2 Å². The zero-order chi connectivity index (χ0) is 15.0. The number of halogens is 1. The van der Waals surface area contributed by atoms with Gasteiger partial charge in [0.15, 0.2) is 9.84 Å². The van der Waals surface area contributed by atoms with Gasteiger partial charge in [0.25, 0.3) is 0 Å². The normalized spacial score (nSPS) is 28.9. The van der Waals surface area contributed by atoms with Crippen LogP contribution in [0.5, 0.6) is 0 Å². The van der Waals surface area contributed by atoms with Gasteiger partial charge in [0.2, 0.25) is 0 Å². The summed E-state index contributed by atoms with van der Waals surface area (Å²) >= 11 is 3.35. The van der Waals surface area contributed by atoms with Crippen LogP contribution < -0.4 is 0 Å². The zero-order valence-corrected chi connectivity index (χ0v) is 13.7. The lowest BCUT2D eigenvalue weighted by Crippen LogP contribution is -2.18. The summed E-state index contributed by atoms with van der Waals surface area (Å²) < 4.78 is 30.2. The highest BCUT2D eigenvalue weighted by atomic mass is 79.9. The highest BCUT2D eigenvalue weighted by Crippen LogP contribution is 2.62. The smallest absolute Gasteiger partial charge is 0.152 e. The highest BCUT2D eigenvalue weighted by Gasteiger charge is 2.71. The Morgan fingerprint density at radius 3 is 2.45 bits per heavy atom. The first-order valence-corrected chi connectivity index (χ1v) is 9.05. The van der Waals surface area contributed by atoms with Crippen LogP contribution >= 0.6 is 15.9 Å². The molecule has 0 unspecified atom stereocenters. The minimum Gasteiger partial charge on any atom is -0.380 e. The minimum atomic E-state index is -3.30. The average Bonchev–Trinajstić information content (AvgIpc) is 3.07. The van der Waals surface area contributed by atoms with E-state index in [9.17, 15) is 13.7 Å². The Balaban J connectivity index is 2.40. The Hall–Kier alpha value is -0.900. The molecule has 2 rings (SSSR count). The average molecular weight is 358 g/mol. The molecule has 0 spiro atoms. The summed E-state index contributed by atoms with van der Waals surface area (Å²) in [5, 5.41) is 8.81. The SMILES string of the molecule is CCOC[C@@]1(C#N)[C@H](c2ccc(Br)cc2)[C@@H]1S(C)(=O)=O. The van der Waals surface area contributed by atoms with Crippen LogP contribution in [0.3, 0.4) is 0 Å². The van der Waals surface area contributed by atoms with Crippen molar-refractivity contribution in [1.82, 2.24) is 0 Å². The van der Waals surface area contributed by atoms with Crippen molar-refractivity contribution >= 4 is 25.8 Å². The van der Waals surface area contributed by atoms with Gasteiger partial charge in [-0.05, 0) is 24.6 Å². The molecule has 1 aromatic rings. The molecule has 20 heavy (non-hydrogen) atoms. The number of rotatable bonds is 5. The molecule has 1 fully saturated rings. The van der Waals surface area contributed by atoms with Crippen molar-refractivity contribution in [3.05, 3.63) is 34.3 Å². The number of ether oxygens (including phenoxy) is 1. The van der Waals surface area contributed by atoms with E-state index in [-0.39, 0.29) is 12.5 Å². The maximum Gasteiger partial charge on any atom is 0.152 e. The number of hydrogen-bond acceptors (Lipinski definition) is 4. The molecular weight excluding hydrogens is 342 g/mol. The van der Waals surface area contributed by atoms with Gasteiger partial charge < -0.3 is 4.74 Å². The first kappa shape index (κ1) is 15.5. The van der Waals surface area contributed by atoms with E-state index in [0.29, 0.717) is 6.61 Å². The van der Waals surface area contributed by atoms with Crippen molar-refractivity contribution in [2.24, 2.45) is 5.41 Å². The Bertz CT molecular complexity index is 635. The Morgan fingerprint density at radius 2 is 2.00 bits per heavy atom. The number of nitriles is 1. The standard InChI is InChI=1S/C14H16BrNO3S/c1-3-19-9-14(8-16)12(13(14)20(2,17)18)10-4-6-11(15)7-5-10/h4-7,12-13H,3,9H2,1-2H3/t12-,13+,14+/m1/s1. The number of benzene rings is 1. The maximum atomic E-state index is 12.0. The fraction of sp³-hybridized carbons (Fsp3) is 0.500. The van der Waals surface area contributed by atoms with Gasteiger partial charge >= 0.3 is 0 Å². The van der Waals surface area contributed by atoms with Crippen molar-refractivity contribution in [3.8, 4) is 6.07 Å². The zero-order valence-electron chi connectivity index (χ0n) is 11.3. The van der Waals surface area contributed by atoms with Crippen molar-refractivity contribution in [2.75, 3.05) is 19.5 Å². The topological polar surface area (TPSA) is 67.2 Å². The summed E-state index contributed by atoms with van der Waals surface area (Å²) in [6.07, 6.45) is 1.19. The van der Waals surface area contributed by atoms with E-state index in [0.717, 1.165) is 10.0 Å². The fourth-order valence-electron chi connectivity index (χ4n) is 2.78. The molecule has 0 heterocycles. The summed E-state index contributed by atoms with van der Waals surface area (Å²) in [6.45, 7) is 2.45. The molecule has 1 aliphatic carbocycles. The number of nitrogens with zero attached hydrogens (tertiary/aromatic N) is 1. The van der Waals surface area contributed by atoms with Crippen molar-refractivity contribution in [3.63, 3.8) is 0 Å². The van der Waals surface area contributed by atoms with Crippen LogP contribution in [0.15, 0.2) is 28.7 Å². The van der Waals surface area contributed by atoms with Gasteiger partial charge in [0, 0.05) is 23.3 Å². The third-order valence-corrected chi connectivity index (χ3v) is 5.84. The van der Waals surface area contributed by atoms with Crippen LogP contribution in [-0.2, 0) is 14.6 Å². The second-order valence-corrected chi connectivity index (χ2v) is 8.15. The van der Waals surface area contributed by atoms with E-state index < -0.39 is 20.5 Å². The lowest BCUT2D eigenvalue weighted by molar-refractivity contribution is 0.117. The van der Waals surface area contributed by atoms with Crippen LogP contribution in [0, 0.1) is 16.7 Å². The molecule has 1 aromatic carbocycles. The highest BCUT2D eigenvalue weighted by molar-refractivity contribution is 9.10. The lowest BCUT2D eigenvalue weighted by atomic mass is 10.0. The van der Waals surface area contributed by atoms with Gasteiger partial charge in [-0.3, -0.25) is 0 Å². The molecule has 0 bridgehead atoms. The van der Waals surface area contributed by atoms with Crippen LogP contribution in [0.4, 0.5) is 0 Å². The second-order valence-electron chi connectivity index (χ2n) is 5.07.